The SMILES string of the molecule is CC(C)[C@H](NC(=O)[C@@H](N)CCC(=O)O)C(=O)N[C@@H](CC(N)=O)C(=O)N[C@H](C(=O)N1CCC[C@H]1C(=O)N[C@@H](CCC(=O)O)C(N)=O)[C@@H](C)O. The highest BCUT2D eigenvalue weighted by atomic mass is 16.4. The number of amides is 7. The number of primary amides is 2. The van der Waals surface area contributed by atoms with Gasteiger partial charge in [0.05, 0.1) is 18.6 Å². The first-order valence-corrected chi connectivity index (χ1v) is 15.2. The molecule has 48 heavy (non-hydrogen) atoms. The standard InChI is InChI=1S/C28H46N8O12/c1-12(2)21(34-24(44)14(29)6-8-19(39)40)27(47)33-16(11-18(30)38)25(45)35-22(13(3)37)28(48)36-10-4-5-17(36)26(46)32-15(23(31)43)7-9-20(41)42/h12-17,21-22,37H,4-11,29H2,1-3H3,(H2,30,38)(H2,31,43)(H,32,46)(H,33,47)(H,34,44)(H,35,45)(H,39,40)(H,41,42)/t13-,14+,15+,16+,17+,21+,22+/m1/s1. The fourth-order valence-corrected chi connectivity index (χ4v) is 4.82. The molecule has 1 heterocycles. The Hall–Kier alpha value is -4.85. The molecule has 20 heteroatoms. The maximum atomic E-state index is 13.5. The van der Waals surface area contributed by atoms with Gasteiger partial charge in [-0.25, -0.2) is 0 Å². The van der Waals surface area contributed by atoms with Gasteiger partial charge in [0, 0.05) is 19.4 Å². The molecule has 1 aliphatic heterocycles. The highest BCUT2D eigenvalue weighted by molar-refractivity contribution is 5.98. The second kappa shape index (κ2) is 19.1. The van der Waals surface area contributed by atoms with Crippen LogP contribution < -0.4 is 38.5 Å². The molecule has 0 aromatic rings. The molecule has 0 aromatic heterocycles. The Morgan fingerprint density at radius 2 is 1.33 bits per heavy atom. The minimum Gasteiger partial charge on any atom is -0.481 e. The van der Waals surface area contributed by atoms with Gasteiger partial charge in [-0.3, -0.25) is 43.2 Å². The Labute approximate surface area is 275 Å². The van der Waals surface area contributed by atoms with Crippen LogP contribution in [-0.2, 0) is 43.2 Å². The van der Waals surface area contributed by atoms with E-state index in [1.54, 1.807) is 13.8 Å². The lowest BCUT2D eigenvalue weighted by molar-refractivity contribution is -0.145. The van der Waals surface area contributed by atoms with Crippen molar-refractivity contribution < 1.29 is 58.5 Å². The van der Waals surface area contributed by atoms with Crippen molar-refractivity contribution in [3.63, 3.8) is 0 Å². The smallest absolute Gasteiger partial charge is 0.303 e. The van der Waals surface area contributed by atoms with Crippen LogP contribution in [0.25, 0.3) is 0 Å². The summed E-state index contributed by atoms with van der Waals surface area (Å²) in [6, 6.07) is -8.44. The lowest BCUT2D eigenvalue weighted by atomic mass is 10.0. The van der Waals surface area contributed by atoms with Gasteiger partial charge in [-0.1, -0.05) is 13.8 Å². The van der Waals surface area contributed by atoms with E-state index in [1.807, 2.05) is 0 Å². The third-order valence-electron chi connectivity index (χ3n) is 7.48. The first-order chi connectivity index (χ1) is 22.3. The second-order valence-electron chi connectivity index (χ2n) is 11.8. The Bertz CT molecular complexity index is 1240. The summed E-state index contributed by atoms with van der Waals surface area (Å²) in [5.74, 6) is -9.62. The number of nitrogens with one attached hydrogen (secondary N) is 4. The van der Waals surface area contributed by atoms with E-state index in [0.29, 0.717) is 6.42 Å². The first-order valence-electron chi connectivity index (χ1n) is 15.2. The molecule has 0 aliphatic carbocycles. The lowest BCUT2D eigenvalue weighted by Crippen LogP contribution is -2.62. The molecule has 0 unspecified atom stereocenters. The van der Waals surface area contributed by atoms with Crippen LogP contribution in [0.5, 0.6) is 0 Å². The number of hydrogen-bond donors (Lipinski definition) is 10. The molecule has 0 radical (unpaired) electrons. The van der Waals surface area contributed by atoms with E-state index in [9.17, 15) is 48.3 Å². The van der Waals surface area contributed by atoms with Crippen LogP contribution in [0.15, 0.2) is 0 Å². The fraction of sp³-hybridized carbons (Fsp3) is 0.679. The van der Waals surface area contributed by atoms with E-state index in [4.69, 9.17) is 27.4 Å². The number of hydrogen-bond acceptors (Lipinski definition) is 11. The number of rotatable bonds is 20. The normalized spacial score (nSPS) is 18.0. The Morgan fingerprint density at radius 1 is 0.771 bits per heavy atom. The summed E-state index contributed by atoms with van der Waals surface area (Å²) in [4.78, 5) is 112. The summed E-state index contributed by atoms with van der Waals surface area (Å²) in [5.41, 5.74) is 16.3. The molecule has 7 amide bonds. The number of aliphatic hydroxyl groups excluding tert-OH is 1. The van der Waals surface area contributed by atoms with Gasteiger partial charge in [-0.2, -0.15) is 0 Å². The highest BCUT2D eigenvalue weighted by Gasteiger charge is 2.41. The van der Waals surface area contributed by atoms with Crippen molar-refractivity contribution in [3.05, 3.63) is 0 Å². The average molecular weight is 687 g/mol. The molecule has 7 atom stereocenters. The van der Waals surface area contributed by atoms with Crippen LogP contribution in [0.1, 0.15) is 65.7 Å². The number of likely N-dealkylation sites (tertiary alicyclic amines) is 1. The number of carboxylic acids is 2. The zero-order chi connectivity index (χ0) is 36.9. The maximum Gasteiger partial charge on any atom is 0.303 e. The number of nitrogens with two attached hydrogens (primary N) is 3. The van der Waals surface area contributed by atoms with Crippen molar-refractivity contribution in [2.75, 3.05) is 6.54 Å². The molecule has 270 valence electrons. The molecule has 1 fully saturated rings. The van der Waals surface area contributed by atoms with Crippen LogP contribution >= 0.6 is 0 Å². The topological polar surface area (TPSA) is 344 Å². The van der Waals surface area contributed by atoms with Crippen molar-refractivity contribution in [2.45, 2.75) is 108 Å². The number of carboxylic acid groups (broad SMARTS) is 2. The summed E-state index contributed by atoms with van der Waals surface area (Å²) in [5, 5.41) is 37.5. The minimum absolute atomic E-state index is 0.0121. The summed E-state index contributed by atoms with van der Waals surface area (Å²) in [7, 11) is 0. The van der Waals surface area contributed by atoms with Gasteiger partial charge < -0.3 is 58.7 Å². The predicted molar refractivity (Wildman–Crippen MR) is 164 cm³/mol. The van der Waals surface area contributed by atoms with Crippen LogP contribution in [0.4, 0.5) is 0 Å². The van der Waals surface area contributed by atoms with Crippen molar-refractivity contribution in [1.29, 1.82) is 0 Å². The molecule has 0 saturated carbocycles. The van der Waals surface area contributed by atoms with E-state index < -0.39 is 121 Å². The number of carbonyl (C=O) groups is 9. The average Bonchev–Trinajstić information content (AvgIpc) is 3.47. The van der Waals surface area contributed by atoms with Crippen LogP contribution in [0.2, 0.25) is 0 Å². The van der Waals surface area contributed by atoms with Crippen molar-refractivity contribution in [1.82, 2.24) is 26.2 Å². The van der Waals surface area contributed by atoms with E-state index in [1.165, 1.54) is 6.92 Å². The van der Waals surface area contributed by atoms with Crippen molar-refractivity contribution in [3.8, 4) is 0 Å². The van der Waals surface area contributed by atoms with E-state index >= 15 is 0 Å². The molecule has 0 spiro atoms. The summed E-state index contributed by atoms with van der Waals surface area (Å²) in [6.45, 7) is 4.29. The molecule has 0 bridgehead atoms. The van der Waals surface area contributed by atoms with E-state index in [2.05, 4.69) is 21.3 Å². The largest absolute Gasteiger partial charge is 0.481 e. The number of carbonyl (C=O) groups excluding carboxylic acids is 7. The fourth-order valence-electron chi connectivity index (χ4n) is 4.82. The zero-order valence-electron chi connectivity index (χ0n) is 27.0. The van der Waals surface area contributed by atoms with Gasteiger partial charge in [-0.05, 0) is 38.5 Å². The predicted octanol–water partition coefficient (Wildman–Crippen LogP) is -4.63. The number of nitrogens with zero attached hydrogens (tertiary/aromatic N) is 1. The molecule has 1 rings (SSSR count). The van der Waals surface area contributed by atoms with E-state index in [0.717, 1.165) is 4.90 Å². The Kier molecular flexibility index (Phi) is 16.4. The highest BCUT2D eigenvalue weighted by Crippen LogP contribution is 2.20. The molecule has 1 aliphatic rings. The Morgan fingerprint density at radius 3 is 1.83 bits per heavy atom. The molecule has 13 N–H and O–H groups in total. The first kappa shape index (κ1) is 41.2. The van der Waals surface area contributed by atoms with Gasteiger partial charge in [0.25, 0.3) is 0 Å². The number of aliphatic carboxylic acids is 2. The molecule has 20 nitrogen and oxygen atoms in total. The molecule has 1 saturated heterocycles. The molecule has 0 aromatic carbocycles. The van der Waals surface area contributed by atoms with Gasteiger partial charge >= 0.3 is 11.9 Å². The van der Waals surface area contributed by atoms with Gasteiger partial charge in [0.1, 0.15) is 30.2 Å². The van der Waals surface area contributed by atoms with Gasteiger partial charge in [0.15, 0.2) is 0 Å². The van der Waals surface area contributed by atoms with Gasteiger partial charge in [-0.15, -0.1) is 0 Å². The maximum absolute atomic E-state index is 13.5. The third kappa shape index (κ3) is 13.1. The summed E-state index contributed by atoms with van der Waals surface area (Å²) in [6.07, 6.45) is -3.24. The molecular weight excluding hydrogens is 640 g/mol. The zero-order valence-corrected chi connectivity index (χ0v) is 27.0. The third-order valence-corrected chi connectivity index (χ3v) is 7.48. The van der Waals surface area contributed by atoms with Gasteiger partial charge in [0.2, 0.25) is 41.4 Å². The summed E-state index contributed by atoms with van der Waals surface area (Å²) >= 11 is 0. The second-order valence-corrected chi connectivity index (χ2v) is 11.8. The quantitative estimate of drug-likeness (QED) is 0.0577. The number of aliphatic hydroxyl groups is 1. The minimum atomic E-state index is -1.69. The lowest BCUT2D eigenvalue weighted by Gasteiger charge is -2.31. The van der Waals surface area contributed by atoms with Crippen LogP contribution in [0, 0.1) is 5.92 Å². The summed E-state index contributed by atoms with van der Waals surface area (Å²) < 4.78 is 0. The molecular formula is C28H46N8O12. The Balaban J connectivity index is 3.12. The van der Waals surface area contributed by atoms with Crippen molar-refractivity contribution in [2.24, 2.45) is 23.1 Å². The van der Waals surface area contributed by atoms with E-state index in [-0.39, 0.29) is 25.8 Å². The van der Waals surface area contributed by atoms with Crippen LogP contribution in [-0.4, -0.2) is 122 Å². The monoisotopic (exact) mass is 686 g/mol. The van der Waals surface area contributed by atoms with Crippen LogP contribution in [0.3, 0.4) is 0 Å². The van der Waals surface area contributed by atoms with Crippen molar-refractivity contribution >= 4 is 53.3 Å².